The zero-order valence-corrected chi connectivity index (χ0v) is 33.0. The largest absolute Gasteiger partial charge is 0.437 e. The van der Waals surface area contributed by atoms with E-state index in [9.17, 15) is 0 Å². The van der Waals surface area contributed by atoms with Gasteiger partial charge in [0.1, 0.15) is 0 Å². The minimum atomic E-state index is -2.51. The molecule has 0 aliphatic carbocycles. The fourth-order valence-electron chi connectivity index (χ4n) is 5.36. The highest BCUT2D eigenvalue weighted by atomic mass is 28.5. The molecule has 0 atom stereocenters. The molecule has 40 heavy (non-hydrogen) atoms. The summed E-state index contributed by atoms with van der Waals surface area (Å²) >= 11 is 0. The Kier molecular flexibility index (Phi) is 11.6. The van der Waals surface area contributed by atoms with Gasteiger partial charge in [-0.2, -0.15) is 5.26 Å². The van der Waals surface area contributed by atoms with E-state index in [1.165, 1.54) is 5.56 Å². The maximum absolute atomic E-state index is 9.03. The van der Waals surface area contributed by atoms with E-state index in [0.717, 1.165) is 23.6 Å². The Balaban J connectivity index is 1.96. The first-order chi connectivity index (χ1) is 18.0. The number of rotatable bonds is 14. The van der Waals surface area contributed by atoms with Crippen LogP contribution in [0.2, 0.25) is 91.2 Å². The van der Waals surface area contributed by atoms with Gasteiger partial charge in [-0.15, -0.1) is 0 Å². The van der Waals surface area contributed by atoms with Crippen molar-refractivity contribution in [2.24, 2.45) is 0 Å². The van der Waals surface area contributed by atoms with E-state index in [1.54, 1.807) is 0 Å². The fraction of sp³-hybridized carbons (Fsp3) is 0.536. The van der Waals surface area contributed by atoms with Gasteiger partial charge in [-0.05, 0) is 126 Å². The molecule has 0 saturated carbocycles. The first-order valence-corrected chi connectivity index (χ1v) is 31.9. The normalized spacial score (nSPS) is 13.8. The van der Waals surface area contributed by atoms with Crippen LogP contribution in [0.3, 0.4) is 0 Å². The van der Waals surface area contributed by atoms with Gasteiger partial charge in [0.2, 0.25) is 0 Å². The Morgan fingerprint density at radius 3 is 1.30 bits per heavy atom. The molecule has 0 spiro atoms. The van der Waals surface area contributed by atoms with E-state index in [2.05, 4.69) is 115 Å². The van der Waals surface area contributed by atoms with Crippen molar-refractivity contribution < 1.29 is 20.6 Å². The van der Waals surface area contributed by atoms with Crippen molar-refractivity contribution in [3.63, 3.8) is 0 Å². The minimum Gasteiger partial charge on any atom is -0.437 e. The van der Waals surface area contributed by atoms with Crippen LogP contribution in [0.15, 0.2) is 48.5 Å². The van der Waals surface area contributed by atoms with Gasteiger partial charge < -0.3 is 20.6 Å². The van der Waals surface area contributed by atoms with Gasteiger partial charge in [0.05, 0.1) is 11.6 Å². The lowest BCUT2D eigenvalue weighted by molar-refractivity contribution is 0.282. The van der Waals surface area contributed by atoms with Crippen molar-refractivity contribution in [3.05, 3.63) is 59.7 Å². The van der Waals surface area contributed by atoms with Crippen LogP contribution in [-0.4, -0.2) is 50.9 Å². The topological polar surface area (TPSA) is 69.9 Å². The Hall–Kier alpha value is -0.969. The van der Waals surface area contributed by atoms with Gasteiger partial charge in [0, 0.05) is 0 Å². The van der Waals surface area contributed by atoms with E-state index in [0.29, 0.717) is 5.56 Å². The molecule has 0 aliphatic heterocycles. The molecule has 6 nitrogen and oxygen atoms in total. The lowest BCUT2D eigenvalue weighted by atomic mass is 10.0. The molecule has 2 rings (SSSR count). The fourth-order valence-corrected chi connectivity index (χ4v) is 34.3. The van der Waals surface area contributed by atoms with Crippen molar-refractivity contribution in [3.8, 4) is 17.2 Å². The average Bonchev–Trinajstić information content (AvgIpc) is 2.73. The molecule has 0 saturated heterocycles. The van der Waals surface area contributed by atoms with Gasteiger partial charge >= 0.3 is 34.2 Å². The summed E-state index contributed by atoms with van der Waals surface area (Å²) in [4.78, 5) is 0. The molecule has 0 radical (unpaired) electrons. The van der Waals surface area contributed by atoms with Crippen LogP contribution in [0, 0.1) is 11.3 Å². The van der Waals surface area contributed by atoms with E-state index < -0.39 is 50.9 Å². The maximum atomic E-state index is 9.03. The SMILES string of the molecule is C[Si](C)(C)O[Si](C)(C)O[Si](C)(C)O[Si](C)(C)O[Si](C)(C)O[Si](C)(C)CCc1ccc(-c2ccc(C#N)cc2)cc1. The van der Waals surface area contributed by atoms with E-state index >= 15 is 0 Å². The molecule has 0 amide bonds. The van der Waals surface area contributed by atoms with Crippen LogP contribution in [-0.2, 0) is 27.0 Å². The van der Waals surface area contributed by atoms with Crippen LogP contribution in [0.5, 0.6) is 0 Å². The molecule has 0 bridgehead atoms. The summed E-state index contributed by atoms with van der Waals surface area (Å²) in [6, 6.07) is 19.6. The molecule has 222 valence electrons. The molecule has 0 unspecified atom stereocenters. The van der Waals surface area contributed by atoms with Crippen molar-refractivity contribution in [2.75, 3.05) is 0 Å². The molecule has 0 aromatic heterocycles. The molecule has 0 heterocycles. The van der Waals surface area contributed by atoms with E-state index in [-0.39, 0.29) is 0 Å². The van der Waals surface area contributed by atoms with Crippen LogP contribution in [0.4, 0.5) is 0 Å². The molecule has 0 N–H and O–H groups in total. The van der Waals surface area contributed by atoms with Gasteiger partial charge in [-0.25, -0.2) is 0 Å². The summed E-state index contributed by atoms with van der Waals surface area (Å²) < 4.78 is 33.2. The number of hydrogen-bond donors (Lipinski definition) is 0. The van der Waals surface area contributed by atoms with Gasteiger partial charge in [-0.1, -0.05) is 36.4 Å². The summed E-state index contributed by atoms with van der Waals surface area (Å²) in [6.45, 7) is 28.1. The quantitative estimate of drug-likeness (QED) is 0.191. The highest BCUT2D eigenvalue weighted by molar-refractivity contribution is 6.91. The number of benzene rings is 2. The zero-order chi connectivity index (χ0) is 30.6. The molecule has 2 aromatic rings. The van der Waals surface area contributed by atoms with Crippen molar-refractivity contribution in [1.82, 2.24) is 0 Å². The number of hydrogen-bond acceptors (Lipinski definition) is 6. The Bertz CT molecular complexity index is 1150. The third-order valence-electron chi connectivity index (χ3n) is 5.87. The van der Waals surface area contributed by atoms with Crippen molar-refractivity contribution in [2.45, 2.75) is 97.6 Å². The Morgan fingerprint density at radius 2 is 0.900 bits per heavy atom. The first-order valence-electron chi connectivity index (χ1n) is 14.1. The molecular weight excluding hydrogens is 599 g/mol. The van der Waals surface area contributed by atoms with E-state index in [4.69, 9.17) is 25.8 Å². The summed E-state index contributed by atoms with van der Waals surface area (Å²) in [5.74, 6) is 0. The highest BCUT2D eigenvalue weighted by Crippen LogP contribution is 2.29. The lowest BCUT2D eigenvalue weighted by Crippen LogP contribution is -2.59. The monoisotopic (exact) mass is 649 g/mol. The second-order valence-corrected chi connectivity index (χ2v) is 37.4. The van der Waals surface area contributed by atoms with E-state index in [1.807, 2.05) is 24.3 Å². The van der Waals surface area contributed by atoms with Crippen molar-refractivity contribution in [1.29, 1.82) is 5.26 Å². The van der Waals surface area contributed by atoms with Crippen LogP contribution in [0.25, 0.3) is 11.1 Å². The van der Waals surface area contributed by atoms with Crippen molar-refractivity contribution >= 4 is 50.9 Å². The summed E-state index contributed by atoms with van der Waals surface area (Å²) in [5, 5.41) is 9.03. The summed E-state index contributed by atoms with van der Waals surface area (Å²) in [6.07, 6.45) is 0.971. The first kappa shape index (κ1) is 35.2. The Morgan fingerprint density at radius 1 is 0.525 bits per heavy atom. The lowest BCUT2D eigenvalue weighted by Gasteiger charge is -2.43. The highest BCUT2D eigenvalue weighted by Gasteiger charge is 2.46. The summed E-state index contributed by atoms with van der Waals surface area (Å²) in [5.41, 5.74) is 4.26. The van der Waals surface area contributed by atoms with Gasteiger partial charge in [-0.3, -0.25) is 0 Å². The Labute approximate surface area is 250 Å². The number of nitriles is 1. The molecule has 12 heteroatoms. The summed E-state index contributed by atoms with van der Waals surface area (Å²) in [7, 11) is -13.4. The minimum absolute atomic E-state index is 0.678. The smallest absolute Gasteiger partial charge is 0.314 e. The predicted octanol–water partition coefficient (Wildman–Crippen LogP) is 8.70. The number of nitrogens with zero attached hydrogens (tertiary/aromatic N) is 1. The third-order valence-corrected chi connectivity index (χ3v) is 27.7. The van der Waals surface area contributed by atoms with Gasteiger partial charge in [0.15, 0.2) is 16.6 Å². The average molecular weight is 650 g/mol. The molecule has 0 fully saturated rings. The van der Waals surface area contributed by atoms with Gasteiger partial charge in [0.25, 0.3) is 0 Å². The van der Waals surface area contributed by atoms with Crippen LogP contribution in [0.1, 0.15) is 11.1 Å². The predicted molar refractivity (Wildman–Crippen MR) is 181 cm³/mol. The standard InChI is InChI=1S/C28H51NO5Si6/c1-35(2,3)30-37(6,7)32-39(10,11)34-40(12,13)33-38(8,9)31-36(4,5)23-22-25-14-18-27(19-15-25)28-20-16-26(24-29)17-21-28/h14-21H,22-23H2,1-13H3. The second-order valence-electron chi connectivity index (χ2n) is 13.9. The third kappa shape index (κ3) is 12.9. The maximum Gasteiger partial charge on any atom is 0.314 e. The molecule has 0 aliphatic rings. The molecular formula is C28H51NO5Si6. The van der Waals surface area contributed by atoms with Crippen LogP contribution < -0.4 is 0 Å². The second kappa shape index (κ2) is 13.1. The number of aryl methyl sites for hydroxylation is 1. The zero-order valence-electron chi connectivity index (χ0n) is 27.0. The molecule has 2 aromatic carbocycles. The van der Waals surface area contributed by atoms with Crippen LogP contribution >= 0.6 is 0 Å².